The topological polar surface area (TPSA) is 118 Å². The molecule has 0 aliphatic carbocycles. The van der Waals surface area contributed by atoms with Gasteiger partial charge in [-0.2, -0.15) is 0 Å². The van der Waals surface area contributed by atoms with Crippen LogP contribution in [0.4, 0.5) is 5.69 Å². The van der Waals surface area contributed by atoms with Crippen LogP contribution in [0.2, 0.25) is 0 Å². The maximum absolute atomic E-state index is 13.9. The van der Waals surface area contributed by atoms with Gasteiger partial charge >= 0.3 is 0 Å². The van der Waals surface area contributed by atoms with E-state index in [2.05, 4.69) is 5.32 Å². The van der Waals surface area contributed by atoms with Gasteiger partial charge in [-0.05, 0) is 92.0 Å². The Labute approximate surface area is 225 Å². The van der Waals surface area contributed by atoms with Crippen molar-refractivity contribution >= 4 is 32.3 Å². The van der Waals surface area contributed by atoms with Crippen molar-refractivity contribution in [2.45, 2.75) is 51.0 Å². The SMILES string of the molecule is CCOCC(CC)S(=O)(=O)N(Cc1ccc2ccc(C(=N)N)cc2c1)c1ccc(OC2CCNCC2)cc1. The molecule has 4 N–H and O–H groups in total. The largest absolute Gasteiger partial charge is 0.490 e. The Bertz CT molecular complexity index is 1340. The number of hydrogen-bond donors (Lipinski definition) is 3. The fraction of sp³-hybridized carbons (Fsp3) is 0.414. The lowest BCUT2D eigenvalue weighted by atomic mass is 10.0. The number of sulfonamides is 1. The second kappa shape index (κ2) is 12.6. The summed E-state index contributed by atoms with van der Waals surface area (Å²) in [6.45, 7) is 6.37. The Balaban J connectivity index is 1.66. The normalized spacial score (nSPS) is 15.3. The number of anilines is 1. The van der Waals surface area contributed by atoms with Crippen molar-refractivity contribution in [2.75, 3.05) is 30.6 Å². The zero-order valence-corrected chi connectivity index (χ0v) is 23.0. The first kappa shape index (κ1) is 27.9. The Morgan fingerprint density at radius 2 is 1.76 bits per heavy atom. The predicted molar refractivity (Wildman–Crippen MR) is 154 cm³/mol. The van der Waals surface area contributed by atoms with E-state index in [1.54, 1.807) is 0 Å². The van der Waals surface area contributed by atoms with Crippen molar-refractivity contribution in [3.8, 4) is 5.75 Å². The van der Waals surface area contributed by atoms with Crippen LogP contribution in [0, 0.1) is 5.41 Å². The lowest BCUT2D eigenvalue weighted by molar-refractivity contribution is 0.146. The quantitative estimate of drug-likeness (QED) is 0.232. The molecule has 0 saturated carbocycles. The van der Waals surface area contributed by atoms with E-state index in [4.69, 9.17) is 20.6 Å². The van der Waals surface area contributed by atoms with Gasteiger partial charge in [0.2, 0.25) is 10.0 Å². The van der Waals surface area contributed by atoms with Crippen LogP contribution >= 0.6 is 0 Å². The van der Waals surface area contributed by atoms with Crippen LogP contribution < -0.4 is 20.1 Å². The van der Waals surface area contributed by atoms with Crippen molar-refractivity contribution < 1.29 is 17.9 Å². The van der Waals surface area contributed by atoms with Gasteiger partial charge in [-0.15, -0.1) is 0 Å². The molecule has 9 heteroatoms. The number of ether oxygens (including phenoxy) is 2. The van der Waals surface area contributed by atoms with Crippen molar-refractivity contribution in [3.05, 3.63) is 71.8 Å². The molecule has 0 aromatic heterocycles. The van der Waals surface area contributed by atoms with E-state index < -0.39 is 15.3 Å². The smallest absolute Gasteiger partial charge is 0.240 e. The molecular weight excluding hydrogens is 500 g/mol. The first-order chi connectivity index (χ1) is 18.3. The van der Waals surface area contributed by atoms with Crippen molar-refractivity contribution in [3.63, 3.8) is 0 Å². The molecule has 204 valence electrons. The molecule has 0 radical (unpaired) electrons. The summed E-state index contributed by atoms with van der Waals surface area (Å²) >= 11 is 0. The number of hydrogen-bond acceptors (Lipinski definition) is 6. The zero-order valence-electron chi connectivity index (χ0n) is 22.2. The van der Waals surface area contributed by atoms with Gasteiger partial charge in [-0.1, -0.05) is 31.2 Å². The highest BCUT2D eigenvalue weighted by Gasteiger charge is 2.32. The predicted octanol–water partition coefficient (Wildman–Crippen LogP) is 4.41. The van der Waals surface area contributed by atoms with Gasteiger partial charge in [0.15, 0.2) is 0 Å². The Kier molecular flexibility index (Phi) is 9.25. The minimum atomic E-state index is -3.75. The summed E-state index contributed by atoms with van der Waals surface area (Å²) in [5.74, 6) is 0.733. The van der Waals surface area contributed by atoms with Crippen molar-refractivity contribution in [2.24, 2.45) is 5.73 Å². The van der Waals surface area contributed by atoms with Crippen LogP contribution in [0.5, 0.6) is 5.75 Å². The number of piperidine rings is 1. The Hall–Kier alpha value is -3.14. The van der Waals surface area contributed by atoms with Crippen LogP contribution in [-0.2, 0) is 21.3 Å². The third-order valence-electron chi connectivity index (χ3n) is 6.95. The number of nitrogens with one attached hydrogen (secondary N) is 2. The molecule has 8 nitrogen and oxygen atoms in total. The fourth-order valence-electron chi connectivity index (χ4n) is 4.70. The van der Waals surface area contributed by atoms with E-state index in [1.807, 2.05) is 74.5 Å². The molecule has 1 aliphatic rings. The molecule has 1 atom stereocenters. The molecule has 0 amide bonds. The van der Waals surface area contributed by atoms with Crippen LogP contribution in [-0.4, -0.2) is 51.9 Å². The van der Waals surface area contributed by atoms with Crippen LogP contribution in [0.1, 0.15) is 44.2 Å². The van der Waals surface area contributed by atoms with Crippen molar-refractivity contribution in [1.29, 1.82) is 5.41 Å². The van der Waals surface area contributed by atoms with Gasteiger partial charge in [0.05, 0.1) is 18.8 Å². The number of nitrogens with two attached hydrogens (primary N) is 1. The molecule has 1 saturated heterocycles. The summed E-state index contributed by atoms with van der Waals surface area (Å²) in [5, 5.41) is 12.3. The fourth-order valence-corrected chi connectivity index (χ4v) is 6.49. The van der Waals surface area contributed by atoms with Gasteiger partial charge in [0, 0.05) is 12.2 Å². The van der Waals surface area contributed by atoms with Gasteiger partial charge in [-0.25, -0.2) is 8.42 Å². The maximum Gasteiger partial charge on any atom is 0.240 e. The summed E-state index contributed by atoms with van der Waals surface area (Å²) in [6.07, 6.45) is 2.50. The summed E-state index contributed by atoms with van der Waals surface area (Å²) < 4.78 is 41.0. The summed E-state index contributed by atoms with van der Waals surface area (Å²) in [7, 11) is -3.75. The molecule has 1 fully saturated rings. The second-order valence-electron chi connectivity index (χ2n) is 9.61. The lowest BCUT2D eigenvalue weighted by Gasteiger charge is -2.29. The van der Waals surface area contributed by atoms with Gasteiger partial charge in [0.25, 0.3) is 0 Å². The average Bonchev–Trinajstić information content (AvgIpc) is 2.92. The van der Waals surface area contributed by atoms with E-state index in [9.17, 15) is 8.42 Å². The highest BCUT2D eigenvalue weighted by molar-refractivity contribution is 7.93. The zero-order chi connectivity index (χ0) is 27.1. The number of fused-ring (bicyclic) bond motifs is 1. The standard InChI is InChI=1S/C29H38N4O4S/c1-3-28(20-36-4-2)38(34,35)33(25-9-11-26(12-10-25)37-27-13-15-32-16-14-27)19-21-5-6-22-7-8-23(29(30)31)18-24(22)17-21/h5-12,17-18,27-28,32H,3-4,13-16,19-20H2,1-2H3,(H3,30,31). The van der Waals surface area contributed by atoms with Crippen LogP contribution in [0.25, 0.3) is 10.8 Å². The third kappa shape index (κ3) is 6.64. The number of amidine groups is 1. The minimum Gasteiger partial charge on any atom is -0.490 e. The van der Waals surface area contributed by atoms with E-state index in [1.165, 1.54) is 4.31 Å². The molecule has 1 aliphatic heterocycles. The molecule has 4 rings (SSSR count). The summed E-state index contributed by atoms with van der Waals surface area (Å²) in [6, 6.07) is 18.8. The van der Waals surface area contributed by atoms with Crippen LogP contribution in [0.15, 0.2) is 60.7 Å². The van der Waals surface area contributed by atoms with E-state index in [0.717, 1.165) is 48.0 Å². The summed E-state index contributed by atoms with van der Waals surface area (Å²) in [4.78, 5) is 0. The number of rotatable bonds is 12. The molecule has 0 spiro atoms. The number of benzene rings is 3. The molecule has 3 aromatic carbocycles. The third-order valence-corrected chi connectivity index (χ3v) is 9.21. The Morgan fingerprint density at radius 3 is 2.42 bits per heavy atom. The lowest BCUT2D eigenvalue weighted by Crippen LogP contribution is -2.40. The summed E-state index contributed by atoms with van der Waals surface area (Å²) in [5.41, 5.74) is 7.73. The van der Waals surface area contributed by atoms with E-state index in [-0.39, 0.29) is 25.1 Å². The molecule has 0 bridgehead atoms. The van der Waals surface area contributed by atoms with Gasteiger partial charge < -0.3 is 20.5 Å². The van der Waals surface area contributed by atoms with Gasteiger partial charge in [0.1, 0.15) is 22.9 Å². The molecule has 1 unspecified atom stereocenters. The first-order valence-corrected chi connectivity index (χ1v) is 14.8. The first-order valence-electron chi connectivity index (χ1n) is 13.3. The van der Waals surface area contributed by atoms with E-state index in [0.29, 0.717) is 24.3 Å². The maximum atomic E-state index is 13.9. The van der Waals surface area contributed by atoms with Crippen molar-refractivity contribution in [1.82, 2.24) is 5.32 Å². The highest BCUT2D eigenvalue weighted by atomic mass is 32.2. The monoisotopic (exact) mass is 538 g/mol. The minimum absolute atomic E-state index is 0.00461. The second-order valence-corrected chi connectivity index (χ2v) is 11.7. The molecule has 1 heterocycles. The number of nitrogen functional groups attached to an aromatic ring is 1. The van der Waals surface area contributed by atoms with Crippen LogP contribution in [0.3, 0.4) is 0 Å². The Morgan fingerprint density at radius 1 is 1.05 bits per heavy atom. The highest BCUT2D eigenvalue weighted by Crippen LogP contribution is 2.29. The molecule has 3 aromatic rings. The van der Waals surface area contributed by atoms with Gasteiger partial charge in [-0.3, -0.25) is 9.71 Å². The molecular formula is C29H38N4O4S. The average molecular weight is 539 g/mol. The number of nitrogens with zero attached hydrogens (tertiary/aromatic N) is 1. The van der Waals surface area contributed by atoms with E-state index >= 15 is 0 Å². The molecule has 38 heavy (non-hydrogen) atoms.